The highest BCUT2D eigenvalue weighted by molar-refractivity contribution is 7.98. The van der Waals surface area contributed by atoms with Gasteiger partial charge in [0.05, 0.1) is 11.1 Å². The van der Waals surface area contributed by atoms with E-state index >= 15 is 0 Å². The fourth-order valence-corrected chi connectivity index (χ4v) is 3.51. The number of ether oxygens (including phenoxy) is 1. The molecular weight excluding hydrogens is 314 g/mol. The predicted octanol–water partition coefficient (Wildman–Crippen LogP) is 5.14. The molecule has 0 atom stereocenters. The zero-order chi connectivity index (χ0) is 17.0. The van der Waals surface area contributed by atoms with Crippen molar-refractivity contribution in [2.75, 3.05) is 12.9 Å². The summed E-state index contributed by atoms with van der Waals surface area (Å²) in [5, 5.41) is 0. The first kappa shape index (κ1) is 17.1. The molecule has 0 unspecified atom stereocenters. The number of thioether (sulfide) groups is 1. The second-order valence-corrected chi connectivity index (χ2v) is 7.74. The van der Waals surface area contributed by atoms with Gasteiger partial charge in [-0.2, -0.15) is 0 Å². The highest BCUT2D eigenvalue weighted by Crippen LogP contribution is 2.28. The maximum Gasteiger partial charge on any atom is 0.217 e. The third kappa shape index (κ3) is 4.21. The lowest BCUT2D eigenvalue weighted by atomic mass is 10.0. The summed E-state index contributed by atoms with van der Waals surface area (Å²) in [4.78, 5) is 5.98. The van der Waals surface area contributed by atoms with Crippen LogP contribution in [0.5, 0.6) is 0 Å². The van der Waals surface area contributed by atoms with E-state index in [1.54, 1.807) is 11.8 Å². The van der Waals surface area contributed by atoms with Gasteiger partial charge in [0.1, 0.15) is 6.61 Å². The summed E-state index contributed by atoms with van der Waals surface area (Å²) in [6.45, 7) is 4.89. The molecule has 0 bridgehead atoms. The quantitative estimate of drug-likeness (QED) is 0.680. The molecule has 0 saturated carbocycles. The number of benzene rings is 2. The van der Waals surface area contributed by atoms with Crippen molar-refractivity contribution in [1.29, 1.82) is 0 Å². The van der Waals surface area contributed by atoms with E-state index in [2.05, 4.69) is 68.6 Å². The Bertz CT molecular complexity index is 722. The highest BCUT2D eigenvalue weighted by atomic mass is 32.2. The van der Waals surface area contributed by atoms with Crippen LogP contribution >= 0.6 is 11.8 Å². The molecule has 2 nitrogen and oxygen atoms in total. The van der Waals surface area contributed by atoms with E-state index in [1.165, 1.54) is 16.0 Å². The molecule has 0 aromatic heterocycles. The van der Waals surface area contributed by atoms with Crippen LogP contribution in [0.3, 0.4) is 0 Å². The average molecular weight is 340 g/mol. The largest absolute Gasteiger partial charge is 0.475 e. The Kier molecular flexibility index (Phi) is 5.30. The molecule has 0 saturated heterocycles. The molecule has 0 spiro atoms. The molecule has 0 radical (unpaired) electrons. The molecule has 2 aromatic rings. The average Bonchev–Trinajstić information content (AvgIpc) is 2.95. The van der Waals surface area contributed by atoms with Gasteiger partial charge in [-0.1, -0.05) is 36.4 Å². The van der Waals surface area contributed by atoms with Gasteiger partial charge in [-0.15, -0.1) is 11.8 Å². The Labute approximate surface area is 149 Å². The molecule has 3 rings (SSSR count). The van der Waals surface area contributed by atoms with Crippen LogP contribution in [0.15, 0.2) is 58.4 Å². The van der Waals surface area contributed by atoms with Crippen molar-refractivity contribution in [1.82, 2.24) is 0 Å². The molecule has 0 fully saturated rings. The Morgan fingerprint density at radius 1 is 1.04 bits per heavy atom. The number of aryl methyl sites for hydroxylation is 2. The fraction of sp³-hybridized carbons (Fsp3) is 0.381. The first-order valence-corrected chi connectivity index (χ1v) is 9.74. The van der Waals surface area contributed by atoms with Crippen LogP contribution in [-0.4, -0.2) is 24.3 Å². The lowest BCUT2D eigenvalue weighted by Crippen LogP contribution is -2.17. The van der Waals surface area contributed by atoms with Crippen LogP contribution in [0.4, 0.5) is 0 Å². The van der Waals surface area contributed by atoms with E-state index in [1.807, 2.05) is 0 Å². The molecule has 0 aliphatic carbocycles. The predicted molar refractivity (Wildman–Crippen MR) is 103 cm³/mol. The molecule has 0 amide bonds. The molecule has 2 aromatic carbocycles. The third-order valence-corrected chi connectivity index (χ3v) is 5.03. The summed E-state index contributed by atoms with van der Waals surface area (Å²) in [5.41, 5.74) is 3.79. The minimum atomic E-state index is -0.117. The van der Waals surface area contributed by atoms with Crippen LogP contribution in [-0.2, 0) is 17.6 Å². The van der Waals surface area contributed by atoms with Gasteiger partial charge in [-0.25, -0.2) is 4.99 Å². The SMILES string of the molecule is CSc1ccc(CCCc2ccccc2)cc1C1=NC(C)(C)CO1. The minimum absolute atomic E-state index is 0.117. The van der Waals surface area contributed by atoms with Crippen LogP contribution in [0, 0.1) is 0 Å². The smallest absolute Gasteiger partial charge is 0.217 e. The van der Waals surface area contributed by atoms with Crippen LogP contribution < -0.4 is 0 Å². The molecule has 1 aliphatic heterocycles. The number of hydrogen-bond donors (Lipinski definition) is 0. The van der Waals surface area contributed by atoms with E-state index < -0.39 is 0 Å². The summed E-state index contributed by atoms with van der Waals surface area (Å²) in [6, 6.07) is 17.4. The number of hydrogen-bond acceptors (Lipinski definition) is 3. The Morgan fingerprint density at radius 3 is 2.46 bits per heavy atom. The molecule has 3 heteroatoms. The zero-order valence-electron chi connectivity index (χ0n) is 14.7. The standard InChI is InChI=1S/C21H25NOS/c1-21(2)15-23-20(22-21)18-14-17(12-13-19(18)24-3)11-7-10-16-8-5-4-6-9-16/h4-6,8-9,12-14H,7,10-11,15H2,1-3H3. The van der Waals surface area contributed by atoms with E-state index in [0.29, 0.717) is 6.61 Å². The second-order valence-electron chi connectivity index (χ2n) is 6.89. The van der Waals surface area contributed by atoms with Gasteiger partial charge < -0.3 is 4.74 Å². The maximum atomic E-state index is 5.86. The maximum absolute atomic E-state index is 5.86. The second kappa shape index (κ2) is 7.43. The van der Waals surface area contributed by atoms with Crippen LogP contribution in [0.1, 0.15) is 37.0 Å². The normalized spacial score (nSPS) is 15.9. The van der Waals surface area contributed by atoms with Gasteiger partial charge in [0, 0.05) is 4.90 Å². The van der Waals surface area contributed by atoms with Gasteiger partial charge in [0.2, 0.25) is 5.90 Å². The van der Waals surface area contributed by atoms with Gasteiger partial charge >= 0.3 is 0 Å². The van der Waals surface area contributed by atoms with E-state index in [0.717, 1.165) is 30.7 Å². The molecule has 1 aliphatic rings. The number of nitrogens with zero attached hydrogens (tertiary/aromatic N) is 1. The number of rotatable bonds is 6. The summed E-state index contributed by atoms with van der Waals surface area (Å²) >= 11 is 1.75. The monoisotopic (exact) mass is 339 g/mol. The fourth-order valence-electron chi connectivity index (χ4n) is 2.94. The zero-order valence-corrected chi connectivity index (χ0v) is 15.5. The van der Waals surface area contributed by atoms with Crippen LogP contribution in [0.25, 0.3) is 0 Å². The summed E-state index contributed by atoms with van der Waals surface area (Å²) in [6.07, 6.45) is 5.45. The first-order valence-electron chi connectivity index (χ1n) is 8.51. The number of aliphatic imine (C=N–C) groups is 1. The Morgan fingerprint density at radius 2 is 1.79 bits per heavy atom. The molecule has 126 valence electrons. The van der Waals surface area contributed by atoms with Crippen molar-refractivity contribution in [3.05, 3.63) is 65.2 Å². The van der Waals surface area contributed by atoms with Crippen LogP contribution in [0.2, 0.25) is 0 Å². The topological polar surface area (TPSA) is 21.6 Å². The van der Waals surface area contributed by atoms with E-state index in [9.17, 15) is 0 Å². The van der Waals surface area contributed by atoms with Crippen molar-refractivity contribution < 1.29 is 4.74 Å². The van der Waals surface area contributed by atoms with Crippen molar-refractivity contribution in [3.63, 3.8) is 0 Å². The summed E-state index contributed by atoms with van der Waals surface area (Å²) in [5.74, 6) is 0.800. The summed E-state index contributed by atoms with van der Waals surface area (Å²) < 4.78 is 5.86. The van der Waals surface area contributed by atoms with E-state index in [4.69, 9.17) is 9.73 Å². The first-order chi connectivity index (χ1) is 11.6. The van der Waals surface area contributed by atoms with Crippen molar-refractivity contribution in [3.8, 4) is 0 Å². The molecular formula is C21H25NOS. The highest BCUT2D eigenvalue weighted by Gasteiger charge is 2.28. The Hall–Kier alpha value is -1.74. The molecule has 0 N–H and O–H groups in total. The lowest BCUT2D eigenvalue weighted by Gasteiger charge is -2.10. The van der Waals surface area contributed by atoms with Crippen molar-refractivity contribution in [2.45, 2.75) is 43.5 Å². The molecule has 24 heavy (non-hydrogen) atoms. The van der Waals surface area contributed by atoms with Gasteiger partial charge in [0.15, 0.2) is 0 Å². The Balaban J connectivity index is 1.72. The van der Waals surface area contributed by atoms with Gasteiger partial charge in [-0.3, -0.25) is 0 Å². The van der Waals surface area contributed by atoms with E-state index in [-0.39, 0.29) is 5.54 Å². The summed E-state index contributed by atoms with van der Waals surface area (Å²) in [7, 11) is 0. The third-order valence-electron chi connectivity index (χ3n) is 4.23. The minimum Gasteiger partial charge on any atom is -0.475 e. The van der Waals surface area contributed by atoms with Crippen molar-refractivity contribution >= 4 is 17.7 Å². The molecule has 1 heterocycles. The van der Waals surface area contributed by atoms with Gasteiger partial charge in [-0.05, 0) is 62.6 Å². The lowest BCUT2D eigenvalue weighted by molar-refractivity contribution is 0.279. The van der Waals surface area contributed by atoms with Gasteiger partial charge in [0.25, 0.3) is 0 Å². The van der Waals surface area contributed by atoms with Crippen molar-refractivity contribution in [2.24, 2.45) is 4.99 Å².